The Morgan fingerprint density at radius 1 is 1.05 bits per heavy atom. The van der Waals surface area contributed by atoms with Gasteiger partial charge in [0.15, 0.2) is 0 Å². The maximum atomic E-state index is 12.1. The fourth-order valence-corrected chi connectivity index (χ4v) is 2.00. The molecule has 0 aliphatic carbocycles. The highest BCUT2D eigenvalue weighted by Gasteiger charge is 2.23. The standard InChI is InChI=1S/C15H20O4/c1-6-18-12-8-9(3)13(11(5)10(12)4)14(16)15(17)19-7-2/h8H,6-7H2,1-5H3. The normalized spacial score (nSPS) is 10.2. The first kappa shape index (κ1) is 15.2. The Kier molecular flexibility index (Phi) is 5.10. The van der Waals surface area contributed by atoms with Crippen LogP contribution in [0.15, 0.2) is 6.07 Å². The molecular weight excluding hydrogens is 244 g/mol. The Morgan fingerprint density at radius 3 is 2.21 bits per heavy atom. The lowest BCUT2D eigenvalue weighted by molar-refractivity contribution is -0.137. The van der Waals surface area contributed by atoms with Crippen molar-refractivity contribution in [3.63, 3.8) is 0 Å². The van der Waals surface area contributed by atoms with E-state index < -0.39 is 11.8 Å². The molecule has 0 N–H and O–H groups in total. The second kappa shape index (κ2) is 6.36. The molecule has 0 spiro atoms. The lowest BCUT2D eigenvalue weighted by Crippen LogP contribution is -2.20. The first-order valence-electron chi connectivity index (χ1n) is 6.39. The SMILES string of the molecule is CCOC(=O)C(=O)c1c(C)cc(OCC)c(C)c1C. The van der Waals surface area contributed by atoms with Gasteiger partial charge in [-0.15, -0.1) is 0 Å². The summed E-state index contributed by atoms with van der Waals surface area (Å²) in [7, 11) is 0. The molecule has 1 aromatic carbocycles. The first-order valence-corrected chi connectivity index (χ1v) is 6.39. The number of carbonyl (C=O) groups is 2. The van der Waals surface area contributed by atoms with Crippen molar-refractivity contribution in [3.05, 3.63) is 28.3 Å². The van der Waals surface area contributed by atoms with Crippen LogP contribution in [0.1, 0.15) is 40.9 Å². The van der Waals surface area contributed by atoms with E-state index in [1.807, 2.05) is 20.8 Å². The predicted octanol–water partition coefficient (Wildman–Crippen LogP) is 2.76. The highest BCUT2D eigenvalue weighted by atomic mass is 16.5. The second-order valence-electron chi connectivity index (χ2n) is 4.30. The van der Waals surface area contributed by atoms with Crippen LogP contribution in [0, 0.1) is 20.8 Å². The van der Waals surface area contributed by atoms with Crippen molar-refractivity contribution >= 4 is 11.8 Å². The maximum Gasteiger partial charge on any atom is 0.379 e. The molecule has 0 fully saturated rings. The average Bonchev–Trinajstić information content (AvgIpc) is 2.36. The zero-order chi connectivity index (χ0) is 14.6. The van der Waals surface area contributed by atoms with E-state index >= 15 is 0 Å². The summed E-state index contributed by atoms with van der Waals surface area (Å²) in [6.45, 7) is 9.82. The van der Waals surface area contributed by atoms with Gasteiger partial charge in [-0.1, -0.05) is 0 Å². The zero-order valence-electron chi connectivity index (χ0n) is 12.1. The van der Waals surface area contributed by atoms with Crippen LogP contribution < -0.4 is 4.74 Å². The molecule has 1 rings (SSSR count). The van der Waals surface area contributed by atoms with Gasteiger partial charge in [0.1, 0.15) is 5.75 Å². The molecule has 0 aliphatic heterocycles. The Morgan fingerprint density at radius 2 is 1.68 bits per heavy atom. The molecule has 0 heterocycles. The summed E-state index contributed by atoms with van der Waals surface area (Å²) in [5.74, 6) is -0.654. The molecule has 0 amide bonds. The molecule has 1 aromatic rings. The maximum absolute atomic E-state index is 12.1. The fraction of sp³-hybridized carbons (Fsp3) is 0.467. The first-order chi connectivity index (χ1) is 8.93. The lowest BCUT2D eigenvalue weighted by atomic mass is 9.94. The molecule has 0 saturated heterocycles. The zero-order valence-corrected chi connectivity index (χ0v) is 12.1. The van der Waals surface area contributed by atoms with Crippen molar-refractivity contribution in [2.75, 3.05) is 13.2 Å². The Balaban J connectivity index is 3.26. The van der Waals surface area contributed by atoms with Crippen molar-refractivity contribution < 1.29 is 19.1 Å². The highest BCUT2D eigenvalue weighted by molar-refractivity contribution is 6.41. The minimum Gasteiger partial charge on any atom is -0.494 e. The quantitative estimate of drug-likeness (QED) is 0.466. The van der Waals surface area contributed by atoms with E-state index in [9.17, 15) is 9.59 Å². The van der Waals surface area contributed by atoms with E-state index in [0.717, 1.165) is 22.4 Å². The fourth-order valence-electron chi connectivity index (χ4n) is 2.00. The minimum atomic E-state index is -0.808. The number of Topliss-reactive ketones (excluding diaryl/α,β-unsaturated/α-hetero) is 1. The molecule has 0 saturated carbocycles. The third-order valence-corrected chi connectivity index (χ3v) is 3.04. The van der Waals surface area contributed by atoms with Crippen LogP contribution in [0.25, 0.3) is 0 Å². The second-order valence-corrected chi connectivity index (χ2v) is 4.30. The van der Waals surface area contributed by atoms with Gasteiger partial charge < -0.3 is 9.47 Å². The number of aryl methyl sites for hydroxylation is 1. The molecule has 19 heavy (non-hydrogen) atoms. The summed E-state index contributed by atoms with van der Waals surface area (Å²) in [5.41, 5.74) is 2.78. The van der Waals surface area contributed by atoms with Crippen LogP contribution in [-0.2, 0) is 9.53 Å². The van der Waals surface area contributed by atoms with E-state index in [-0.39, 0.29) is 6.61 Å². The molecule has 0 radical (unpaired) electrons. The van der Waals surface area contributed by atoms with E-state index in [4.69, 9.17) is 9.47 Å². The van der Waals surface area contributed by atoms with Crippen LogP contribution >= 0.6 is 0 Å². The van der Waals surface area contributed by atoms with Gasteiger partial charge in [-0.2, -0.15) is 0 Å². The van der Waals surface area contributed by atoms with Crippen LogP contribution in [0.4, 0.5) is 0 Å². The molecule has 0 aliphatic rings. The number of hydrogen-bond acceptors (Lipinski definition) is 4. The van der Waals surface area contributed by atoms with Crippen molar-refractivity contribution in [1.82, 2.24) is 0 Å². The number of ketones is 1. The minimum absolute atomic E-state index is 0.193. The number of ether oxygens (including phenoxy) is 2. The van der Waals surface area contributed by atoms with Crippen LogP contribution in [0.2, 0.25) is 0 Å². The van der Waals surface area contributed by atoms with Gasteiger partial charge in [-0.3, -0.25) is 4.79 Å². The van der Waals surface area contributed by atoms with Gasteiger partial charge >= 0.3 is 5.97 Å². The molecule has 0 atom stereocenters. The van der Waals surface area contributed by atoms with Crippen molar-refractivity contribution in [2.24, 2.45) is 0 Å². The van der Waals surface area contributed by atoms with Crippen LogP contribution in [-0.4, -0.2) is 25.0 Å². The molecule has 0 unspecified atom stereocenters. The third-order valence-electron chi connectivity index (χ3n) is 3.04. The summed E-state index contributed by atoms with van der Waals surface area (Å²) < 4.78 is 10.3. The molecule has 4 heteroatoms. The Bertz CT molecular complexity index is 503. The summed E-state index contributed by atoms with van der Waals surface area (Å²) in [5, 5.41) is 0. The van der Waals surface area contributed by atoms with Gasteiger partial charge in [0, 0.05) is 5.56 Å². The Labute approximate surface area is 113 Å². The van der Waals surface area contributed by atoms with Crippen molar-refractivity contribution in [2.45, 2.75) is 34.6 Å². The third kappa shape index (κ3) is 3.13. The topological polar surface area (TPSA) is 52.6 Å². The summed E-state index contributed by atoms with van der Waals surface area (Å²) in [6.07, 6.45) is 0. The predicted molar refractivity (Wildman–Crippen MR) is 72.8 cm³/mol. The van der Waals surface area contributed by atoms with Gasteiger partial charge in [-0.25, -0.2) is 4.79 Å². The number of benzene rings is 1. The molecular formula is C15H20O4. The van der Waals surface area contributed by atoms with E-state index in [2.05, 4.69) is 0 Å². The number of rotatable bonds is 5. The van der Waals surface area contributed by atoms with Gasteiger partial charge in [-0.05, 0) is 57.4 Å². The summed E-state index contributed by atoms with van der Waals surface area (Å²) in [6, 6.07) is 1.79. The smallest absolute Gasteiger partial charge is 0.379 e. The van der Waals surface area contributed by atoms with E-state index in [1.54, 1.807) is 19.9 Å². The highest BCUT2D eigenvalue weighted by Crippen LogP contribution is 2.28. The van der Waals surface area contributed by atoms with Crippen LogP contribution in [0.3, 0.4) is 0 Å². The molecule has 4 nitrogen and oxygen atoms in total. The molecule has 0 bridgehead atoms. The van der Waals surface area contributed by atoms with E-state index in [0.29, 0.717) is 12.2 Å². The van der Waals surface area contributed by atoms with Crippen molar-refractivity contribution in [1.29, 1.82) is 0 Å². The Hall–Kier alpha value is -1.84. The van der Waals surface area contributed by atoms with Gasteiger partial charge in [0.05, 0.1) is 13.2 Å². The van der Waals surface area contributed by atoms with Gasteiger partial charge in [0.25, 0.3) is 5.78 Å². The lowest BCUT2D eigenvalue weighted by Gasteiger charge is -2.15. The summed E-state index contributed by atoms with van der Waals surface area (Å²) >= 11 is 0. The molecule has 104 valence electrons. The van der Waals surface area contributed by atoms with E-state index in [1.165, 1.54) is 0 Å². The van der Waals surface area contributed by atoms with Crippen LogP contribution in [0.5, 0.6) is 5.75 Å². The number of esters is 1. The number of carbonyl (C=O) groups excluding carboxylic acids is 2. The average molecular weight is 264 g/mol. The monoisotopic (exact) mass is 264 g/mol. The summed E-state index contributed by atoms with van der Waals surface area (Å²) in [4.78, 5) is 23.6. The number of hydrogen-bond donors (Lipinski definition) is 0. The van der Waals surface area contributed by atoms with Gasteiger partial charge in [0.2, 0.25) is 0 Å². The largest absolute Gasteiger partial charge is 0.494 e. The van der Waals surface area contributed by atoms with Crippen molar-refractivity contribution in [3.8, 4) is 5.75 Å². The molecule has 0 aromatic heterocycles.